The number of carboxylic acids is 1. The molecule has 124 valence electrons. The van der Waals surface area contributed by atoms with E-state index in [1.54, 1.807) is 24.3 Å². The van der Waals surface area contributed by atoms with Crippen molar-refractivity contribution in [2.75, 3.05) is 18.5 Å². The SMILES string of the molecule is N#Cc1ccc(NC(C(=O)[O-])c2cc(O)ccc2OCCO)cc1. The van der Waals surface area contributed by atoms with E-state index in [0.717, 1.165) is 0 Å². The van der Waals surface area contributed by atoms with Gasteiger partial charge in [0.2, 0.25) is 0 Å². The Bertz CT molecular complexity index is 753. The normalized spacial score (nSPS) is 11.3. The van der Waals surface area contributed by atoms with Crippen molar-refractivity contribution in [3.8, 4) is 17.6 Å². The van der Waals surface area contributed by atoms with Crippen molar-refractivity contribution < 1.29 is 24.9 Å². The number of phenolic OH excluding ortho intramolecular Hbond substituents is 1. The first kappa shape index (κ1) is 17.1. The predicted octanol–water partition coefficient (Wildman–Crippen LogP) is 0.538. The molecule has 3 N–H and O–H groups in total. The molecule has 2 rings (SSSR count). The van der Waals surface area contributed by atoms with E-state index in [0.29, 0.717) is 11.3 Å². The third-order valence-electron chi connectivity index (χ3n) is 3.21. The van der Waals surface area contributed by atoms with Crippen LogP contribution in [-0.4, -0.2) is 29.4 Å². The fourth-order valence-electron chi connectivity index (χ4n) is 2.12. The van der Waals surface area contributed by atoms with Crippen molar-refractivity contribution in [3.05, 3.63) is 53.6 Å². The standard InChI is InChI=1S/C17H16N2O5/c18-10-11-1-3-12(4-2-11)19-16(17(22)23)14-9-13(21)5-6-15(14)24-8-7-20/h1-6,9,16,19-21H,7-8H2,(H,22,23)/p-1. The summed E-state index contributed by atoms with van der Waals surface area (Å²) in [6.07, 6.45) is 0. The van der Waals surface area contributed by atoms with Crippen molar-refractivity contribution in [2.24, 2.45) is 0 Å². The van der Waals surface area contributed by atoms with E-state index in [-0.39, 0.29) is 30.3 Å². The first-order valence-corrected chi connectivity index (χ1v) is 7.09. The number of carboxylic acid groups (broad SMARTS) is 1. The first-order chi connectivity index (χ1) is 11.5. The lowest BCUT2D eigenvalue weighted by molar-refractivity contribution is -0.307. The van der Waals surface area contributed by atoms with E-state index in [1.807, 2.05) is 6.07 Å². The number of carbonyl (C=O) groups is 1. The average molecular weight is 327 g/mol. The van der Waals surface area contributed by atoms with Gasteiger partial charge in [-0.3, -0.25) is 0 Å². The fraction of sp³-hybridized carbons (Fsp3) is 0.176. The molecule has 1 unspecified atom stereocenters. The summed E-state index contributed by atoms with van der Waals surface area (Å²) in [5, 5.41) is 41.6. The largest absolute Gasteiger partial charge is 0.548 e. The van der Waals surface area contributed by atoms with Crippen LogP contribution in [0.5, 0.6) is 11.5 Å². The lowest BCUT2D eigenvalue weighted by atomic mass is 10.0. The Morgan fingerprint density at radius 3 is 2.58 bits per heavy atom. The van der Waals surface area contributed by atoms with Gasteiger partial charge in [-0.15, -0.1) is 0 Å². The van der Waals surface area contributed by atoms with Crippen LogP contribution >= 0.6 is 0 Å². The summed E-state index contributed by atoms with van der Waals surface area (Å²) in [6.45, 7) is -0.256. The second-order valence-corrected chi connectivity index (χ2v) is 4.88. The highest BCUT2D eigenvalue weighted by Crippen LogP contribution is 2.31. The Kier molecular flexibility index (Phi) is 5.60. The van der Waals surface area contributed by atoms with Gasteiger partial charge in [-0.2, -0.15) is 5.26 Å². The summed E-state index contributed by atoms with van der Waals surface area (Å²) in [4.78, 5) is 11.6. The molecule has 7 heteroatoms. The highest BCUT2D eigenvalue weighted by molar-refractivity contribution is 5.79. The van der Waals surface area contributed by atoms with E-state index >= 15 is 0 Å². The lowest BCUT2D eigenvalue weighted by Crippen LogP contribution is -2.34. The molecule has 0 heterocycles. The second kappa shape index (κ2) is 7.85. The average Bonchev–Trinajstić information content (AvgIpc) is 2.59. The molecule has 0 aliphatic heterocycles. The van der Waals surface area contributed by atoms with Crippen LogP contribution in [0.2, 0.25) is 0 Å². The zero-order valence-corrected chi connectivity index (χ0v) is 12.6. The molecule has 24 heavy (non-hydrogen) atoms. The van der Waals surface area contributed by atoms with E-state index in [9.17, 15) is 15.0 Å². The minimum Gasteiger partial charge on any atom is -0.548 e. The van der Waals surface area contributed by atoms with Crippen LogP contribution in [0.4, 0.5) is 5.69 Å². The highest BCUT2D eigenvalue weighted by atomic mass is 16.5. The van der Waals surface area contributed by atoms with Crippen molar-refractivity contribution >= 4 is 11.7 Å². The number of hydrogen-bond donors (Lipinski definition) is 3. The number of carbonyl (C=O) groups excluding carboxylic acids is 1. The molecule has 0 radical (unpaired) electrons. The number of ether oxygens (including phenoxy) is 1. The number of aliphatic carboxylic acids is 1. The maximum atomic E-state index is 11.6. The molecule has 0 aliphatic carbocycles. The van der Waals surface area contributed by atoms with Crippen LogP contribution in [0.1, 0.15) is 17.2 Å². The molecule has 0 bridgehead atoms. The summed E-state index contributed by atoms with van der Waals surface area (Å²) in [6, 6.07) is 10.9. The molecule has 0 aromatic heterocycles. The molecule has 0 saturated heterocycles. The minimum atomic E-state index is -1.42. The summed E-state index contributed by atoms with van der Waals surface area (Å²) < 4.78 is 5.31. The molecular formula is C17H15N2O5-. The zero-order chi connectivity index (χ0) is 17.5. The number of benzene rings is 2. The topological polar surface area (TPSA) is 126 Å². The minimum absolute atomic E-state index is 0.0194. The molecule has 7 nitrogen and oxygen atoms in total. The van der Waals surface area contributed by atoms with Gasteiger partial charge in [-0.05, 0) is 42.5 Å². The van der Waals surface area contributed by atoms with Crippen LogP contribution in [0.15, 0.2) is 42.5 Å². The van der Waals surface area contributed by atoms with Crippen LogP contribution < -0.4 is 15.2 Å². The van der Waals surface area contributed by atoms with Gasteiger partial charge in [0.1, 0.15) is 18.1 Å². The van der Waals surface area contributed by atoms with Gasteiger partial charge in [0.15, 0.2) is 0 Å². The van der Waals surface area contributed by atoms with Gasteiger partial charge in [0.25, 0.3) is 0 Å². The van der Waals surface area contributed by atoms with Gasteiger partial charge in [0.05, 0.1) is 30.3 Å². The second-order valence-electron chi connectivity index (χ2n) is 4.88. The third kappa shape index (κ3) is 4.15. The smallest absolute Gasteiger partial charge is 0.125 e. The van der Waals surface area contributed by atoms with Crippen LogP contribution in [0.3, 0.4) is 0 Å². The number of aliphatic hydroxyl groups excluding tert-OH is 1. The Morgan fingerprint density at radius 2 is 2.00 bits per heavy atom. The molecule has 0 fully saturated rings. The monoisotopic (exact) mass is 327 g/mol. The molecule has 0 aliphatic rings. The molecule has 0 saturated carbocycles. The number of nitriles is 1. The van der Waals surface area contributed by atoms with E-state index < -0.39 is 12.0 Å². The number of aromatic hydroxyl groups is 1. The Hall–Kier alpha value is -3.24. The van der Waals surface area contributed by atoms with Gasteiger partial charge >= 0.3 is 0 Å². The fourth-order valence-corrected chi connectivity index (χ4v) is 2.12. The molecule has 0 amide bonds. The first-order valence-electron chi connectivity index (χ1n) is 7.09. The van der Waals surface area contributed by atoms with Crippen molar-refractivity contribution in [2.45, 2.75) is 6.04 Å². The number of nitrogens with one attached hydrogen (secondary N) is 1. The van der Waals surface area contributed by atoms with E-state index in [1.165, 1.54) is 18.2 Å². The van der Waals surface area contributed by atoms with Crippen LogP contribution in [0.25, 0.3) is 0 Å². The Balaban J connectivity index is 2.34. The highest BCUT2D eigenvalue weighted by Gasteiger charge is 2.19. The van der Waals surface area contributed by atoms with E-state index in [4.69, 9.17) is 15.1 Å². The van der Waals surface area contributed by atoms with Crippen LogP contribution in [0, 0.1) is 11.3 Å². The summed E-state index contributed by atoms with van der Waals surface area (Å²) in [7, 11) is 0. The quantitative estimate of drug-likeness (QED) is 0.677. The zero-order valence-electron chi connectivity index (χ0n) is 12.6. The van der Waals surface area contributed by atoms with Crippen molar-refractivity contribution in [1.82, 2.24) is 0 Å². The van der Waals surface area contributed by atoms with E-state index in [2.05, 4.69) is 5.32 Å². The van der Waals surface area contributed by atoms with Gasteiger partial charge < -0.3 is 30.2 Å². The van der Waals surface area contributed by atoms with Gasteiger partial charge in [-0.25, -0.2) is 0 Å². The number of rotatable bonds is 7. The van der Waals surface area contributed by atoms with Crippen molar-refractivity contribution in [1.29, 1.82) is 5.26 Å². The maximum Gasteiger partial charge on any atom is 0.125 e. The molecule has 0 spiro atoms. The van der Waals surface area contributed by atoms with Crippen molar-refractivity contribution in [3.63, 3.8) is 0 Å². The lowest BCUT2D eigenvalue weighted by Gasteiger charge is -2.24. The number of hydrogen-bond acceptors (Lipinski definition) is 7. The van der Waals surface area contributed by atoms with Gasteiger partial charge in [-0.1, -0.05) is 0 Å². The maximum absolute atomic E-state index is 11.6. The molecular weight excluding hydrogens is 312 g/mol. The molecule has 2 aromatic carbocycles. The Labute approximate surface area is 138 Å². The Morgan fingerprint density at radius 1 is 1.29 bits per heavy atom. The van der Waals surface area contributed by atoms with Gasteiger partial charge in [0, 0.05) is 11.3 Å². The summed E-state index contributed by atoms with van der Waals surface area (Å²) in [5.41, 5.74) is 1.06. The number of anilines is 1. The predicted molar refractivity (Wildman–Crippen MR) is 83.2 cm³/mol. The molecule has 1 atom stereocenters. The summed E-state index contributed by atoms with van der Waals surface area (Å²) >= 11 is 0. The molecule has 2 aromatic rings. The third-order valence-corrected chi connectivity index (χ3v) is 3.21. The number of aliphatic hydroxyl groups is 1. The van der Waals surface area contributed by atoms with Crippen LogP contribution in [-0.2, 0) is 4.79 Å². The number of phenols is 1. The summed E-state index contributed by atoms with van der Waals surface area (Å²) in [5.74, 6) is -1.34. The number of nitrogens with zero attached hydrogens (tertiary/aromatic N) is 1.